The fourth-order valence-electron chi connectivity index (χ4n) is 4.16. The second-order valence-corrected chi connectivity index (χ2v) is 8.24. The Labute approximate surface area is 197 Å². The SMILES string of the molecule is O=C(CN1C(=S)N[C@H](c2ccccn2)[C@H]1c1ccn(-c2ccccc2)c1)Nc1ccccc1. The first-order valence-corrected chi connectivity index (χ1v) is 11.2. The Morgan fingerprint density at radius 2 is 1.70 bits per heavy atom. The summed E-state index contributed by atoms with van der Waals surface area (Å²) in [6, 6.07) is 27.1. The van der Waals surface area contributed by atoms with E-state index in [1.54, 1.807) is 6.20 Å². The van der Waals surface area contributed by atoms with Crippen LogP contribution < -0.4 is 10.6 Å². The first kappa shape index (κ1) is 20.9. The molecule has 0 bridgehead atoms. The van der Waals surface area contributed by atoms with E-state index in [0.29, 0.717) is 5.11 Å². The first-order chi connectivity index (χ1) is 16.2. The molecule has 0 spiro atoms. The van der Waals surface area contributed by atoms with Crippen molar-refractivity contribution in [3.8, 4) is 5.69 Å². The third-order valence-corrected chi connectivity index (χ3v) is 6.03. The van der Waals surface area contributed by atoms with Gasteiger partial charge < -0.3 is 20.1 Å². The lowest BCUT2D eigenvalue weighted by molar-refractivity contribution is -0.116. The molecular formula is C26H23N5OS. The number of carbonyl (C=O) groups is 1. The zero-order valence-electron chi connectivity index (χ0n) is 17.8. The molecular weight excluding hydrogens is 430 g/mol. The molecule has 33 heavy (non-hydrogen) atoms. The van der Waals surface area contributed by atoms with Crippen LogP contribution in [-0.2, 0) is 4.79 Å². The van der Waals surface area contributed by atoms with E-state index in [-0.39, 0.29) is 24.5 Å². The number of amides is 1. The van der Waals surface area contributed by atoms with Gasteiger partial charge in [-0.3, -0.25) is 9.78 Å². The second kappa shape index (κ2) is 9.26. The van der Waals surface area contributed by atoms with E-state index in [1.807, 2.05) is 77.8 Å². The second-order valence-electron chi connectivity index (χ2n) is 7.86. The van der Waals surface area contributed by atoms with Crippen LogP contribution in [0.1, 0.15) is 23.3 Å². The third-order valence-electron chi connectivity index (χ3n) is 5.68. The molecule has 0 radical (unpaired) electrons. The molecule has 0 aliphatic carbocycles. The van der Waals surface area contributed by atoms with Gasteiger partial charge in [-0.1, -0.05) is 42.5 Å². The molecule has 164 valence electrons. The van der Waals surface area contributed by atoms with Gasteiger partial charge in [-0.15, -0.1) is 0 Å². The Balaban J connectivity index is 1.46. The molecule has 0 unspecified atom stereocenters. The zero-order chi connectivity index (χ0) is 22.6. The quantitative estimate of drug-likeness (QED) is 0.422. The van der Waals surface area contributed by atoms with Crippen LogP contribution in [0.2, 0.25) is 0 Å². The number of carbonyl (C=O) groups excluding carboxylic acids is 1. The van der Waals surface area contributed by atoms with Crippen LogP contribution in [0.15, 0.2) is 104 Å². The molecule has 2 aromatic carbocycles. The molecule has 2 atom stereocenters. The van der Waals surface area contributed by atoms with Crippen molar-refractivity contribution in [1.29, 1.82) is 0 Å². The average molecular weight is 454 g/mol. The number of pyridine rings is 1. The van der Waals surface area contributed by atoms with Crippen LogP contribution in [0.5, 0.6) is 0 Å². The summed E-state index contributed by atoms with van der Waals surface area (Å²) in [5.41, 5.74) is 3.76. The minimum atomic E-state index is -0.182. The summed E-state index contributed by atoms with van der Waals surface area (Å²) in [5.74, 6) is -0.125. The maximum Gasteiger partial charge on any atom is 0.244 e. The van der Waals surface area contributed by atoms with Crippen molar-refractivity contribution in [3.05, 3.63) is 115 Å². The lowest BCUT2D eigenvalue weighted by Crippen LogP contribution is -2.37. The largest absolute Gasteiger partial charge is 0.352 e. The summed E-state index contributed by atoms with van der Waals surface area (Å²) in [6.07, 6.45) is 5.90. The van der Waals surface area contributed by atoms with Crippen LogP contribution in [0.25, 0.3) is 5.69 Å². The van der Waals surface area contributed by atoms with Gasteiger partial charge in [0.1, 0.15) is 6.54 Å². The molecule has 2 N–H and O–H groups in total. The van der Waals surface area contributed by atoms with Gasteiger partial charge >= 0.3 is 0 Å². The summed E-state index contributed by atoms with van der Waals surface area (Å²) in [4.78, 5) is 19.4. The maximum absolute atomic E-state index is 12.9. The van der Waals surface area contributed by atoms with Crippen molar-refractivity contribution in [1.82, 2.24) is 19.8 Å². The molecule has 2 aromatic heterocycles. The average Bonchev–Trinajstić information content (AvgIpc) is 3.46. The minimum absolute atomic E-state index is 0.125. The number of para-hydroxylation sites is 2. The van der Waals surface area contributed by atoms with Gasteiger partial charge in [-0.25, -0.2) is 0 Å². The summed E-state index contributed by atoms with van der Waals surface area (Å²) >= 11 is 5.68. The van der Waals surface area contributed by atoms with Gasteiger partial charge in [-0.2, -0.15) is 0 Å². The van der Waals surface area contributed by atoms with Crippen molar-refractivity contribution in [2.24, 2.45) is 0 Å². The van der Waals surface area contributed by atoms with E-state index in [2.05, 4.69) is 44.6 Å². The number of hydrogen-bond acceptors (Lipinski definition) is 3. The molecule has 7 heteroatoms. The van der Waals surface area contributed by atoms with Crippen LogP contribution >= 0.6 is 12.2 Å². The number of hydrogen-bond donors (Lipinski definition) is 2. The number of thiocarbonyl (C=S) groups is 1. The van der Waals surface area contributed by atoms with E-state index in [4.69, 9.17) is 12.2 Å². The lowest BCUT2D eigenvalue weighted by atomic mass is 9.99. The number of nitrogens with one attached hydrogen (secondary N) is 2. The standard InChI is InChI=1S/C26H23N5OS/c32-23(28-20-9-3-1-4-10-20)18-31-25(24(29-26(31)33)22-13-7-8-15-27-22)19-14-16-30(17-19)21-11-5-2-6-12-21/h1-17,24-25H,18H2,(H,28,32)(H,29,33)/t24-,25-/m1/s1. The molecule has 1 aliphatic rings. The number of nitrogens with zero attached hydrogens (tertiary/aromatic N) is 3. The molecule has 1 saturated heterocycles. The summed E-state index contributed by atoms with van der Waals surface area (Å²) in [6.45, 7) is 0.130. The van der Waals surface area contributed by atoms with Gasteiger partial charge in [-0.05, 0) is 60.2 Å². The Bertz CT molecular complexity index is 1240. The van der Waals surface area contributed by atoms with Gasteiger partial charge in [0.2, 0.25) is 5.91 Å². The highest BCUT2D eigenvalue weighted by Crippen LogP contribution is 2.38. The highest BCUT2D eigenvalue weighted by atomic mass is 32.1. The lowest BCUT2D eigenvalue weighted by Gasteiger charge is -2.26. The molecule has 0 saturated carbocycles. The van der Waals surface area contributed by atoms with E-state index >= 15 is 0 Å². The number of rotatable bonds is 6. The fourth-order valence-corrected chi connectivity index (χ4v) is 4.47. The smallest absolute Gasteiger partial charge is 0.244 e. The van der Waals surface area contributed by atoms with Gasteiger partial charge in [0, 0.05) is 30.0 Å². The van der Waals surface area contributed by atoms with Crippen molar-refractivity contribution < 1.29 is 4.79 Å². The van der Waals surface area contributed by atoms with Gasteiger partial charge in [0.05, 0.1) is 17.8 Å². The van der Waals surface area contributed by atoms with Crippen molar-refractivity contribution in [2.45, 2.75) is 12.1 Å². The predicted molar refractivity (Wildman–Crippen MR) is 133 cm³/mol. The van der Waals surface area contributed by atoms with Crippen molar-refractivity contribution >= 4 is 28.9 Å². The van der Waals surface area contributed by atoms with Crippen molar-refractivity contribution in [2.75, 3.05) is 11.9 Å². The summed E-state index contributed by atoms with van der Waals surface area (Å²) < 4.78 is 2.08. The highest BCUT2D eigenvalue weighted by molar-refractivity contribution is 7.80. The van der Waals surface area contributed by atoms with Crippen LogP contribution in [0.4, 0.5) is 5.69 Å². The molecule has 3 heterocycles. The Hall–Kier alpha value is -3.97. The maximum atomic E-state index is 12.9. The van der Waals surface area contributed by atoms with Gasteiger partial charge in [0.15, 0.2) is 5.11 Å². The van der Waals surface area contributed by atoms with E-state index in [0.717, 1.165) is 22.6 Å². The molecule has 6 nitrogen and oxygen atoms in total. The van der Waals surface area contributed by atoms with E-state index in [9.17, 15) is 4.79 Å². The normalized spacial score (nSPS) is 17.6. The van der Waals surface area contributed by atoms with E-state index < -0.39 is 0 Å². The molecule has 5 rings (SSSR count). The zero-order valence-corrected chi connectivity index (χ0v) is 18.7. The predicted octanol–water partition coefficient (Wildman–Crippen LogP) is 4.48. The minimum Gasteiger partial charge on any atom is -0.352 e. The van der Waals surface area contributed by atoms with E-state index in [1.165, 1.54) is 0 Å². The number of anilines is 1. The Morgan fingerprint density at radius 1 is 0.970 bits per heavy atom. The fraction of sp³-hybridized carbons (Fsp3) is 0.115. The van der Waals surface area contributed by atoms with Crippen LogP contribution in [0.3, 0.4) is 0 Å². The highest BCUT2D eigenvalue weighted by Gasteiger charge is 2.41. The number of benzene rings is 2. The third kappa shape index (κ3) is 4.49. The molecule has 1 fully saturated rings. The van der Waals surface area contributed by atoms with Crippen LogP contribution in [0, 0.1) is 0 Å². The summed E-state index contributed by atoms with van der Waals surface area (Å²) in [7, 11) is 0. The molecule has 1 aliphatic heterocycles. The number of aromatic nitrogens is 2. The molecule has 1 amide bonds. The topological polar surface area (TPSA) is 62.2 Å². The summed E-state index contributed by atoms with van der Waals surface area (Å²) in [5, 5.41) is 6.88. The molecule has 4 aromatic rings. The monoisotopic (exact) mass is 453 g/mol. The first-order valence-electron chi connectivity index (χ1n) is 10.8. The van der Waals surface area contributed by atoms with Crippen molar-refractivity contribution in [3.63, 3.8) is 0 Å². The Morgan fingerprint density at radius 3 is 2.42 bits per heavy atom. The Kier molecular flexibility index (Phi) is 5.87. The van der Waals surface area contributed by atoms with Gasteiger partial charge in [0.25, 0.3) is 0 Å². The van der Waals surface area contributed by atoms with Crippen LogP contribution in [-0.4, -0.2) is 32.0 Å².